The molecule has 1 nitrogen and oxygen atoms in total. The van der Waals surface area contributed by atoms with E-state index in [9.17, 15) is 0 Å². The molecule has 0 unspecified atom stereocenters. The van der Waals surface area contributed by atoms with Crippen LogP contribution in [0.3, 0.4) is 0 Å². The SMILES string of the molecule is Cc1ccc(C=Cc2ccc(C=Cc3cc(C)nc(C)c3)cc2)cc1. The molecule has 25 heavy (non-hydrogen) atoms. The summed E-state index contributed by atoms with van der Waals surface area (Å²) >= 11 is 0. The fraction of sp³-hybridized carbons (Fsp3) is 0.125. The second kappa shape index (κ2) is 7.76. The molecular formula is C24H23N. The molecular weight excluding hydrogens is 302 g/mol. The second-order valence-electron chi connectivity index (χ2n) is 6.43. The van der Waals surface area contributed by atoms with E-state index in [4.69, 9.17) is 0 Å². The van der Waals surface area contributed by atoms with Crippen molar-refractivity contribution in [2.75, 3.05) is 0 Å². The van der Waals surface area contributed by atoms with Crippen molar-refractivity contribution in [1.82, 2.24) is 4.98 Å². The van der Waals surface area contributed by atoms with Gasteiger partial charge in [0.2, 0.25) is 0 Å². The van der Waals surface area contributed by atoms with Gasteiger partial charge in [-0.25, -0.2) is 0 Å². The first-order valence-electron chi connectivity index (χ1n) is 8.57. The summed E-state index contributed by atoms with van der Waals surface area (Å²) < 4.78 is 0. The van der Waals surface area contributed by atoms with E-state index in [1.54, 1.807) is 0 Å². The van der Waals surface area contributed by atoms with Crippen LogP contribution in [0.5, 0.6) is 0 Å². The monoisotopic (exact) mass is 325 g/mol. The maximum absolute atomic E-state index is 4.41. The summed E-state index contributed by atoms with van der Waals surface area (Å²) in [5, 5.41) is 0. The molecule has 0 aliphatic rings. The van der Waals surface area contributed by atoms with Crippen molar-refractivity contribution in [1.29, 1.82) is 0 Å². The van der Waals surface area contributed by atoms with Crippen LogP contribution in [0.25, 0.3) is 24.3 Å². The van der Waals surface area contributed by atoms with Gasteiger partial charge in [-0.05, 0) is 55.2 Å². The van der Waals surface area contributed by atoms with Crippen LogP contribution in [0.1, 0.15) is 39.2 Å². The van der Waals surface area contributed by atoms with Crippen molar-refractivity contribution in [2.45, 2.75) is 20.8 Å². The van der Waals surface area contributed by atoms with Crippen molar-refractivity contribution in [3.05, 3.63) is 99.9 Å². The molecule has 0 N–H and O–H groups in total. The Labute approximate surface area is 150 Å². The van der Waals surface area contributed by atoms with Gasteiger partial charge in [0.05, 0.1) is 0 Å². The molecule has 1 heteroatoms. The van der Waals surface area contributed by atoms with E-state index in [1.807, 2.05) is 13.8 Å². The molecule has 0 radical (unpaired) electrons. The van der Waals surface area contributed by atoms with Crippen molar-refractivity contribution in [2.24, 2.45) is 0 Å². The van der Waals surface area contributed by atoms with E-state index in [0.29, 0.717) is 0 Å². The number of pyridine rings is 1. The molecule has 0 atom stereocenters. The summed E-state index contributed by atoms with van der Waals surface area (Å²) in [5.74, 6) is 0. The van der Waals surface area contributed by atoms with Crippen LogP contribution in [0.2, 0.25) is 0 Å². The first-order chi connectivity index (χ1) is 12.1. The van der Waals surface area contributed by atoms with Gasteiger partial charge in [0, 0.05) is 11.4 Å². The van der Waals surface area contributed by atoms with Crippen LogP contribution in [0.4, 0.5) is 0 Å². The minimum absolute atomic E-state index is 1.05. The van der Waals surface area contributed by atoms with E-state index in [1.165, 1.54) is 27.8 Å². The van der Waals surface area contributed by atoms with Gasteiger partial charge in [-0.3, -0.25) is 4.98 Å². The highest BCUT2D eigenvalue weighted by molar-refractivity contribution is 5.73. The van der Waals surface area contributed by atoms with Gasteiger partial charge in [-0.2, -0.15) is 0 Å². The smallest absolute Gasteiger partial charge is 0.0381 e. The molecule has 2 aromatic carbocycles. The number of benzene rings is 2. The van der Waals surface area contributed by atoms with Crippen LogP contribution >= 0.6 is 0 Å². The average Bonchev–Trinajstić information content (AvgIpc) is 2.60. The quantitative estimate of drug-likeness (QED) is 0.509. The van der Waals surface area contributed by atoms with E-state index < -0.39 is 0 Å². The third-order valence-electron chi connectivity index (χ3n) is 4.05. The normalized spacial score (nSPS) is 11.5. The lowest BCUT2D eigenvalue weighted by Crippen LogP contribution is -1.86. The highest BCUT2D eigenvalue weighted by Gasteiger charge is 1.94. The Morgan fingerprint density at radius 2 is 0.880 bits per heavy atom. The molecule has 0 fully saturated rings. The first kappa shape index (κ1) is 16.9. The van der Waals surface area contributed by atoms with Crippen molar-refractivity contribution in [3.8, 4) is 0 Å². The average molecular weight is 325 g/mol. The fourth-order valence-corrected chi connectivity index (χ4v) is 2.74. The Kier molecular flexibility index (Phi) is 5.25. The standard InChI is InChI=1S/C24H23N/c1-18-4-6-21(7-5-18)8-9-22-10-12-23(13-11-22)14-15-24-16-19(2)25-20(3)17-24/h4-17H,1-3H3. The number of nitrogens with zero attached hydrogens (tertiary/aromatic N) is 1. The molecule has 3 rings (SSSR count). The van der Waals surface area contributed by atoms with E-state index in [2.05, 4.69) is 96.9 Å². The van der Waals surface area contributed by atoms with Gasteiger partial charge in [0.25, 0.3) is 0 Å². The van der Waals surface area contributed by atoms with E-state index in [-0.39, 0.29) is 0 Å². The van der Waals surface area contributed by atoms with Gasteiger partial charge in [0.1, 0.15) is 0 Å². The molecule has 124 valence electrons. The number of rotatable bonds is 4. The van der Waals surface area contributed by atoms with Crippen molar-refractivity contribution < 1.29 is 0 Å². The summed E-state index contributed by atoms with van der Waals surface area (Å²) in [7, 11) is 0. The Morgan fingerprint density at radius 1 is 0.520 bits per heavy atom. The molecule has 0 aliphatic heterocycles. The second-order valence-corrected chi connectivity index (χ2v) is 6.43. The van der Waals surface area contributed by atoms with E-state index in [0.717, 1.165) is 11.4 Å². The Hall–Kier alpha value is -2.93. The fourth-order valence-electron chi connectivity index (χ4n) is 2.74. The van der Waals surface area contributed by atoms with Crippen LogP contribution in [-0.4, -0.2) is 4.98 Å². The zero-order chi connectivity index (χ0) is 17.6. The summed E-state index contributed by atoms with van der Waals surface area (Å²) in [5.41, 5.74) is 8.19. The molecule has 0 aliphatic carbocycles. The highest BCUT2D eigenvalue weighted by Crippen LogP contribution is 2.14. The largest absolute Gasteiger partial charge is 0.258 e. The van der Waals surface area contributed by atoms with Gasteiger partial charge in [0.15, 0.2) is 0 Å². The minimum Gasteiger partial charge on any atom is -0.258 e. The molecule has 1 aromatic heterocycles. The molecule has 3 aromatic rings. The van der Waals surface area contributed by atoms with Crippen LogP contribution in [0.15, 0.2) is 60.7 Å². The molecule has 0 saturated carbocycles. The number of hydrogen-bond donors (Lipinski definition) is 0. The maximum atomic E-state index is 4.41. The summed E-state index contributed by atoms with van der Waals surface area (Å²) in [6.45, 7) is 6.16. The maximum Gasteiger partial charge on any atom is 0.0381 e. The lowest BCUT2D eigenvalue weighted by atomic mass is 10.1. The Bertz CT molecular complexity index is 878. The third-order valence-corrected chi connectivity index (χ3v) is 4.05. The Balaban J connectivity index is 1.69. The zero-order valence-corrected chi connectivity index (χ0v) is 15.0. The third kappa shape index (κ3) is 5.02. The lowest BCUT2D eigenvalue weighted by molar-refractivity contribution is 1.12. The highest BCUT2D eigenvalue weighted by atomic mass is 14.7. The predicted octanol–water partition coefficient (Wildman–Crippen LogP) is 6.35. The van der Waals surface area contributed by atoms with Gasteiger partial charge in [-0.15, -0.1) is 0 Å². The summed E-state index contributed by atoms with van der Waals surface area (Å²) in [4.78, 5) is 4.41. The molecule has 0 spiro atoms. The molecule has 0 saturated heterocycles. The minimum atomic E-state index is 1.05. The number of hydrogen-bond acceptors (Lipinski definition) is 1. The van der Waals surface area contributed by atoms with Crippen molar-refractivity contribution in [3.63, 3.8) is 0 Å². The molecule has 0 amide bonds. The molecule has 0 bridgehead atoms. The summed E-state index contributed by atoms with van der Waals surface area (Å²) in [6.07, 6.45) is 8.57. The predicted molar refractivity (Wildman–Crippen MR) is 109 cm³/mol. The van der Waals surface area contributed by atoms with Gasteiger partial charge in [-0.1, -0.05) is 78.4 Å². The van der Waals surface area contributed by atoms with Crippen LogP contribution < -0.4 is 0 Å². The van der Waals surface area contributed by atoms with Crippen LogP contribution in [0, 0.1) is 20.8 Å². The summed E-state index contributed by atoms with van der Waals surface area (Å²) in [6, 6.07) is 21.3. The van der Waals surface area contributed by atoms with Crippen LogP contribution in [-0.2, 0) is 0 Å². The zero-order valence-electron chi connectivity index (χ0n) is 15.0. The number of aromatic nitrogens is 1. The number of aryl methyl sites for hydroxylation is 3. The molecule has 1 heterocycles. The van der Waals surface area contributed by atoms with Gasteiger partial charge >= 0.3 is 0 Å². The van der Waals surface area contributed by atoms with Gasteiger partial charge < -0.3 is 0 Å². The topological polar surface area (TPSA) is 12.9 Å². The first-order valence-corrected chi connectivity index (χ1v) is 8.57. The van der Waals surface area contributed by atoms with E-state index >= 15 is 0 Å². The van der Waals surface area contributed by atoms with Crippen molar-refractivity contribution >= 4 is 24.3 Å². The Morgan fingerprint density at radius 3 is 1.32 bits per heavy atom. The lowest BCUT2D eigenvalue weighted by Gasteiger charge is -2.00.